The van der Waals surface area contributed by atoms with Gasteiger partial charge in [-0.25, -0.2) is 0 Å². The maximum atomic E-state index is 10.6. The van der Waals surface area contributed by atoms with E-state index in [1.807, 2.05) is 11.0 Å². The van der Waals surface area contributed by atoms with Crippen LogP contribution in [0.1, 0.15) is 23.7 Å². The van der Waals surface area contributed by atoms with Gasteiger partial charge in [0.15, 0.2) is 0 Å². The number of aldehydes is 1. The average molecular weight is 242 g/mol. The van der Waals surface area contributed by atoms with Crippen molar-refractivity contribution in [3.8, 4) is 0 Å². The molecule has 4 heteroatoms. The van der Waals surface area contributed by atoms with Crippen molar-refractivity contribution in [1.29, 1.82) is 0 Å². The highest BCUT2D eigenvalue weighted by molar-refractivity contribution is 6.33. The minimum Gasteiger partial charge on any atom is -0.395 e. The lowest BCUT2D eigenvalue weighted by Gasteiger charge is -2.24. The number of hydrogen-bond donors (Lipinski definition) is 1. The van der Waals surface area contributed by atoms with Crippen molar-refractivity contribution in [1.82, 2.24) is 0 Å². The maximum Gasteiger partial charge on any atom is 0.150 e. The molecule has 0 aliphatic heterocycles. The molecule has 0 amide bonds. The molecular weight excluding hydrogens is 226 g/mol. The lowest BCUT2D eigenvalue weighted by Crippen LogP contribution is -2.27. The van der Waals surface area contributed by atoms with Crippen molar-refractivity contribution in [2.75, 3.05) is 24.6 Å². The fraction of sp³-hybridized carbons (Fsp3) is 0.417. The van der Waals surface area contributed by atoms with Gasteiger partial charge in [-0.15, -0.1) is 0 Å². The lowest BCUT2D eigenvalue weighted by atomic mass is 10.2. The van der Waals surface area contributed by atoms with Gasteiger partial charge in [-0.3, -0.25) is 4.79 Å². The second kappa shape index (κ2) is 6.51. The second-order valence-corrected chi connectivity index (χ2v) is 3.95. The van der Waals surface area contributed by atoms with Gasteiger partial charge in [-0.05, 0) is 24.6 Å². The zero-order chi connectivity index (χ0) is 12.0. The van der Waals surface area contributed by atoms with Gasteiger partial charge in [0.25, 0.3) is 0 Å². The van der Waals surface area contributed by atoms with Crippen LogP contribution in [0.15, 0.2) is 18.2 Å². The predicted octanol–water partition coefficient (Wildman–Crippen LogP) is 2.36. The number of carbonyl (C=O) groups excluding carboxylic acids is 1. The minimum absolute atomic E-state index is 0.0890. The largest absolute Gasteiger partial charge is 0.395 e. The SMILES string of the molecule is CCCN(CCO)c1ccc(C=O)cc1Cl. The van der Waals surface area contributed by atoms with Crippen molar-refractivity contribution < 1.29 is 9.90 Å². The first-order valence-corrected chi connectivity index (χ1v) is 5.71. The summed E-state index contributed by atoms with van der Waals surface area (Å²) >= 11 is 6.09. The zero-order valence-corrected chi connectivity index (χ0v) is 10.1. The number of hydrogen-bond acceptors (Lipinski definition) is 3. The van der Waals surface area contributed by atoms with Crippen LogP contribution in [-0.2, 0) is 0 Å². The van der Waals surface area contributed by atoms with Crippen LogP contribution in [0.2, 0.25) is 5.02 Å². The van der Waals surface area contributed by atoms with Crippen molar-refractivity contribution in [2.24, 2.45) is 0 Å². The van der Waals surface area contributed by atoms with Crippen LogP contribution in [0, 0.1) is 0 Å². The Morgan fingerprint density at radius 1 is 1.44 bits per heavy atom. The average Bonchev–Trinajstić information content (AvgIpc) is 2.29. The van der Waals surface area contributed by atoms with E-state index in [-0.39, 0.29) is 6.61 Å². The fourth-order valence-corrected chi connectivity index (χ4v) is 1.90. The summed E-state index contributed by atoms with van der Waals surface area (Å²) in [5, 5.41) is 9.52. The van der Waals surface area contributed by atoms with E-state index in [4.69, 9.17) is 16.7 Å². The number of aliphatic hydroxyl groups is 1. The third kappa shape index (κ3) is 3.22. The van der Waals surface area contributed by atoms with E-state index >= 15 is 0 Å². The molecule has 1 aromatic rings. The number of nitrogens with zero attached hydrogens (tertiary/aromatic N) is 1. The summed E-state index contributed by atoms with van der Waals surface area (Å²) in [6.07, 6.45) is 1.75. The molecule has 3 nitrogen and oxygen atoms in total. The molecule has 0 saturated carbocycles. The van der Waals surface area contributed by atoms with Crippen molar-refractivity contribution in [2.45, 2.75) is 13.3 Å². The van der Waals surface area contributed by atoms with Crippen molar-refractivity contribution in [3.63, 3.8) is 0 Å². The minimum atomic E-state index is 0.0890. The lowest BCUT2D eigenvalue weighted by molar-refractivity contribution is 0.112. The number of aliphatic hydroxyl groups excluding tert-OH is 1. The maximum absolute atomic E-state index is 10.6. The molecule has 0 bridgehead atoms. The smallest absolute Gasteiger partial charge is 0.150 e. The molecule has 0 heterocycles. The number of halogens is 1. The van der Waals surface area contributed by atoms with Gasteiger partial charge in [0.05, 0.1) is 17.3 Å². The first kappa shape index (κ1) is 13.0. The van der Waals surface area contributed by atoms with E-state index in [0.717, 1.165) is 24.9 Å². The third-order valence-electron chi connectivity index (χ3n) is 2.31. The molecule has 0 saturated heterocycles. The molecule has 1 N–H and O–H groups in total. The Balaban J connectivity index is 2.94. The van der Waals surface area contributed by atoms with E-state index in [9.17, 15) is 4.79 Å². The molecular formula is C12H16ClNO2. The second-order valence-electron chi connectivity index (χ2n) is 3.54. The van der Waals surface area contributed by atoms with Crippen LogP contribution in [0.3, 0.4) is 0 Å². The molecule has 0 aliphatic rings. The van der Waals surface area contributed by atoms with E-state index in [0.29, 0.717) is 17.1 Å². The highest BCUT2D eigenvalue weighted by Gasteiger charge is 2.09. The number of carbonyl (C=O) groups is 1. The number of benzene rings is 1. The van der Waals surface area contributed by atoms with Gasteiger partial charge >= 0.3 is 0 Å². The van der Waals surface area contributed by atoms with E-state index in [1.165, 1.54) is 0 Å². The van der Waals surface area contributed by atoms with Crippen molar-refractivity contribution >= 4 is 23.6 Å². The van der Waals surface area contributed by atoms with E-state index in [2.05, 4.69) is 6.92 Å². The Hall–Kier alpha value is -1.06. The van der Waals surface area contributed by atoms with Gasteiger partial charge in [-0.2, -0.15) is 0 Å². The topological polar surface area (TPSA) is 40.5 Å². The summed E-state index contributed by atoms with van der Waals surface area (Å²) in [5.41, 5.74) is 1.43. The van der Waals surface area contributed by atoms with E-state index in [1.54, 1.807) is 12.1 Å². The van der Waals surface area contributed by atoms with Crippen LogP contribution in [0.5, 0.6) is 0 Å². The molecule has 0 fully saturated rings. The molecule has 0 unspecified atom stereocenters. The fourth-order valence-electron chi connectivity index (χ4n) is 1.60. The van der Waals surface area contributed by atoms with Gasteiger partial charge in [0.2, 0.25) is 0 Å². The van der Waals surface area contributed by atoms with Gasteiger partial charge in [-0.1, -0.05) is 18.5 Å². The highest BCUT2D eigenvalue weighted by Crippen LogP contribution is 2.26. The Bertz CT molecular complexity index is 349. The molecule has 88 valence electrons. The van der Waals surface area contributed by atoms with Crippen LogP contribution in [0.25, 0.3) is 0 Å². The molecule has 0 radical (unpaired) electrons. The van der Waals surface area contributed by atoms with Crippen LogP contribution < -0.4 is 4.90 Å². The Kier molecular flexibility index (Phi) is 5.29. The van der Waals surface area contributed by atoms with Crippen molar-refractivity contribution in [3.05, 3.63) is 28.8 Å². The molecule has 1 rings (SSSR count). The first-order chi connectivity index (χ1) is 7.72. The summed E-state index contributed by atoms with van der Waals surface area (Å²) in [4.78, 5) is 12.6. The molecule has 0 aliphatic carbocycles. The normalized spacial score (nSPS) is 10.2. The summed E-state index contributed by atoms with van der Waals surface area (Å²) in [5.74, 6) is 0. The van der Waals surface area contributed by atoms with Gasteiger partial charge in [0.1, 0.15) is 6.29 Å². The Morgan fingerprint density at radius 3 is 2.69 bits per heavy atom. The van der Waals surface area contributed by atoms with Crippen LogP contribution >= 0.6 is 11.6 Å². The summed E-state index contributed by atoms with van der Waals surface area (Å²) in [6.45, 7) is 3.54. The Labute approximate surface area is 101 Å². The number of rotatable bonds is 6. The monoisotopic (exact) mass is 241 g/mol. The quantitative estimate of drug-likeness (QED) is 0.778. The molecule has 0 aromatic heterocycles. The molecule has 1 aromatic carbocycles. The predicted molar refractivity (Wildman–Crippen MR) is 66.4 cm³/mol. The first-order valence-electron chi connectivity index (χ1n) is 5.33. The van der Waals surface area contributed by atoms with Gasteiger partial charge in [0, 0.05) is 18.7 Å². The molecule has 16 heavy (non-hydrogen) atoms. The Morgan fingerprint density at radius 2 is 2.19 bits per heavy atom. The summed E-state index contributed by atoms with van der Waals surface area (Å²) in [6, 6.07) is 5.19. The van der Waals surface area contributed by atoms with Gasteiger partial charge < -0.3 is 10.0 Å². The van der Waals surface area contributed by atoms with E-state index < -0.39 is 0 Å². The standard InChI is InChI=1S/C12H16ClNO2/c1-2-5-14(6-7-15)12-4-3-10(9-16)8-11(12)13/h3-4,8-9,15H,2,5-7H2,1H3. The third-order valence-corrected chi connectivity index (χ3v) is 2.61. The summed E-state index contributed by atoms with van der Waals surface area (Å²) < 4.78 is 0. The van der Waals surface area contributed by atoms with Crippen LogP contribution in [-0.4, -0.2) is 31.1 Å². The highest BCUT2D eigenvalue weighted by atomic mass is 35.5. The molecule has 0 atom stereocenters. The number of anilines is 1. The van der Waals surface area contributed by atoms with Crippen LogP contribution in [0.4, 0.5) is 5.69 Å². The summed E-state index contributed by atoms with van der Waals surface area (Å²) in [7, 11) is 0. The molecule has 0 spiro atoms. The zero-order valence-electron chi connectivity index (χ0n) is 9.32.